The summed E-state index contributed by atoms with van der Waals surface area (Å²) in [4.78, 5) is 24.8. The fourth-order valence-corrected chi connectivity index (χ4v) is 4.39. The second-order valence-corrected chi connectivity index (χ2v) is 7.66. The van der Waals surface area contributed by atoms with Crippen molar-refractivity contribution in [2.45, 2.75) is 56.5 Å². The summed E-state index contributed by atoms with van der Waals surface area (Å²) in [6, 6.07) is 3.32. The van der Waals surface area contributed by atoms with Crippen LogP contribution in [0.3, 0.4) is 0 Å². The van der Waals surface area contributed by atoms with Gasteiger partial charge >= 0.3 is 0 Å². The van der Waals surface area contributed by atoms with Crippen molar-refractivity contribution >= 4 is 22.0 Å². The average Bonchev–Trinajstić information content (AvgIpc) is 3.38. The Morgan fingerprint density at radius 1 is 1.19 bits per heavy atom. The van der Waals surface area contributed by atoms with Crippen LogP contribution in [0.5, 0.6) is 0 Å². The van der Waals surface area contributed by atoms with E-state index in [2.05, 4.69) is 5.16 Å². The number of pyridine rings is 1. The Balaban J connectivity index is 1.82. The molecule has 3 aromatic rings. The van der Waals surface area contributed by atoms with E-state index in [4.69, 9.17) is 10.3 Å². The predicted molar refractivity (Wildman–Crippen MR) is 96.0 cm³/mol. The highest BCUT2D eigenvalue weighted by molar-refractivity contribution is 5.91. The summed E-state index contributed by atoms with van der Waals surface area (Å²) >= 11 is 0. The topological polar surface area (TPSA) is 94.0 Å². The minimum Gasteiger partial charge on any atom is -0.360 e. The Bertz CT molecular complexity index is 1140. The van der Waals surface area contributed by atoms with Gasteiger partial charge in [-0.2, -0.15) is 5.16 Å². The molecular formula is C19H20FN3O3. The molecule has 0 saturated heterocycles. The lowest BCUT2D eigenvalue weighted by Crippen LogP contribution is -2.27. The molecule has 2 atom stereocenters. The van der Waals surface area contributed by atoms with Gasteiger partial charge in [0.2, 0.25) is 11.1 Å². The maximum absolute atomic E-state index is 14.9. The third-order valence-electron chi connectivity index (χ3n) is 5.81. The Hall–Kier alpha value is -2.41. The summed E-state index contributed by atoms with van der Waals surface area (Å²) in [6.07, 6.45) is 5.48. The number of aromatic amines is 1. The first-order chi connectivity index (χ1) is 12.5. The number of rotatable bonds is 2. The van der Waals surface area contributed by atoms with E-state index in [1.807, 2.05) is 4.57 Å². The van der Waals surface area contributed by atoms with E-state index >= 15 is 0 Å². The van der Waals surface area contributed by atoms with Crippen LogP contribution in [0.4, 0.5) is 4.39 Å². The van der Waals surface area contributed by atoms with Gasteiger partial charge in [0.1, 0.15) is 5.82 Å². The van der Waals surface area contributed by atoms with Crippen LogP contribution in [-0.4, -0.2) is 15.8 Å². The van der Waals surface area contributed by atoms with Crippen LogP contribution in [-0.2, 0) is 0 Å². The van der Waals surface area contributed by atoms with Crippen molar-refractivity contribution in [2.24, 2.45) is 5.73 Å². The molecule has 2 fully saturated rings. The first-order valence-electron chi connectivity index (χ1n) is 9.19. The van der Waals surface area contributed by atoms with Crippen LogP contribution in [0.1, 0.15) is 56.0 Å². The minimum atomic E-state index is -0.566. The van der Waals surface area contributed by atoms with Gasteiger partial charge in [-0.1, -0.05) is 6.42 Å². The van der Waals surface area contributed by atoms with Gasteiger partial charge in [0.25, 0.3) is 5.56 Å². The first-order valence-corrected chi connectivity index (χ1v) is 9.19. The Kier molecular flexibility index (Phi) is 3.37. The van der Waals surface area contributed by atoms with Crippen LogP contribution in [0.25, 0.3) is 22.0 Å². The maximum atomic E-state index is 14.9. The largest absolute Gasteiger partial charge is 0.360 e. The molecule has 1 aromatic carbocycles. The summed E-state index contributed by atoms with van der Waals surface area (Å²) in [5.74, 6) is -0.338. The molecule has 2 aliphatic rings. The number of hydrogen-bond donors (Lipinski definition) is 2. The van der Waals surface area contributed by atoms with E-state index < -0.39 is 16.8 Å². The van der Waals surface area contributed by atoms with Gasteiger partial charge in [0.05, 0.1) is 5.52 Å². The molecule has 5 rings (SSSR count). The molecule has 136 valence electrons. The van der Waals surface area contributed by atoms with E-state index in [0.29, 0.717) is 11.1 Å². The standard InChI is InChI=1S/C19H20FN3O3/c20-14-7-13-15(8-12(14)9-2-1-3-10(21)6-9)23(11-4-5-11)19-16(17(13)24)18(25)22-26-19/h7-11H,1-6,21H2,(H,22,25). The van der Waals surface area contributed by atoms with Crippen LogP contribution >= 0.6 is 0 Å². The molecule has 2 unspecified atom stereocenters. The van der Waals surface area contributed by atoms with Crippen LogP contribution in [0.2, 0.25) is 0 Å². The lowest BCUT2D eigenvalue weighted by molar-refractivity contribution is 0.384. The first kappa shape index (κ1) is 15.8. The zero-order chi connectivity index (χ0) is 18.0. The van der Waals surface area contributed by atoms with Crippen molar-refractivity contribution in [1.82, 2.24) is 9.72 Å². The molecule has 2 saturated carbocycles. The highest BCUT2D eigenvalue weighted by Gasteiger charge is 2.31. The number of halogens is 1. The Labute approximate surface area is 147 Å². The van der Waals surface area contributed by atoms with Crippen LogP contribution in [0, 0.1) is 5.82 Å². The number of hydrogen-bond acceptors (Lipinski definition) is 4. The summed E-state index contributed by atoms with van der Waals surface area (Å²) in [7, 11) is 0. The van der Waals surface area contributed by atoms with E-state index in [-0.39, 0.29) is 34.5 Å². The second kappa shape index (κ2) is 5.54. The lowest BCUT2D eigenvalue weighted by Gasteiger charge is -2.27. The number of aromatic nitrogens is 2. The average molecular weight is 357 g/mol. The molecular weight excluding hydrogens is 337 g/mol. The van der Waals surface area contributed by atoms with Crippen molar-refractivity contribution in [1.29, 1.82) is 0 Å². The lowest BCUT2D eigenvalue weighted by atomic mass is 9.81. The second-order valence-electron chi connectivity index (χ2n) is 7.66. The van der Waals surface area contributed by atoms with E-state index in [1.54, 1.807) is 6.07 Å². The molecule has 3 N–H and O–H groups in total. The molecule has 7 heteroatoms. The number of fused-ring (bicyclic) bond motifs is 2. The number of nitrogens with zero attached hydrogens (tertiary/aromatic N) is 1. The van der Waals surface area contributed by atoms with Crippen LogP contribution in [0.15, 0.2) is 26.2 Å². The summed E-state index contributed by atoms with van der Waals surface area (Å²) in [6.45, 7) is 0. The zero-order valence-corrected chi connectivity index (χ0v) is 14.3. The van der Waals surface area contributed by atoms with E-state index in [0.717, 1.165) is 38.5 Å². The molecule has 2 aromatic heterocycles. The van der Waals surface area contributed by atoms with Crippen molar-refractivity contribution in [3.63, 3.8) is 0 Å². The Morgan fingerprint density at radius 2 is 2.00 bits per heavy atom. The van der Waals surface area contributed by atoms with Crippen molar-refractivity contribution in [2.75, 3.05) is 0 Å². The molecule has 0 radical (unpaired) electrons. The van der Waals surface area contributed by atoms with E-state index in [1.165, 1.54) is 6.07 Å². The third-order valence-corrected chi connectivity index (χ3v) is 5.81. The van der Waals surface area contributed by atoms with E-state index in [9.17, 15) is 14.0 Å². The minimum absolute atomic E-state index is 0.0313. The molecule has 6 nitrogen and oxygen atoms in total. The van der Waals surface area contributed by atoms with Crippen LogP contribution < -0.4 is 16.7 Å². The SMILES string of the molecule is NC1CCCC(c2cc3c(cc2F)c(=O)c2c(=O)[nH]oc2n3C2CC2)C1. The molecule has 2 aliphatic carbocycles. The Morgan fingerprint density at radius 3 is 2.73 bits per heavy atom. The number of nitrogens with two attached hydrogens (primary N) is 1. The molecule has 0 aliphatic heterocycles. The summed E-state index contributed by atoms with van der Waals surface area (Å²) < 4.78 is 22.1. The third kappa shape index (κ3) is 2.26. The van der Waals surface area contributed by atoms with Gasteiger partial charge in [0.15, 0.2) is 5.39 Å². The summed E-state index contributed by atoms with van der Waals surface area (Å²) in [5.41, 5.74) is 6.55. The summed E-state index contributed by atoms with van der Waals surface area (Å²) in [5, 5.41) is 2.45. The van der Waals surface area contributed by atoms with Gasteiger partial charge in [-0.25, -0.2) is 4.39 Å². The van der Waals surface area contributed by atoms with Gasteiger partial charge in [-0.3, -0.25) is 9.59 Å². The fourth-order valence-electron chi connectivity index (χ4n) is 4.39. The van der Waals surface area contributed by atoms with Gasteiger partial charge in [-0.05, 0) is 55.7 Å². The number of H-pyrrole nitrogens is 1. The van der Waals surface area contributed by atoms with Gasteiger partial charge < -0.3 is 14.8 Å². The molecule has 0 spiro atoms. The highest BCUT2D eigenvalue weighted by atomic mass is 19.1. The normalized spacial score (nSPS) is 23.8. The predicted octanol–water partition coefficient (Wildman–Crippen LogP) is 2.89. The zero-order valence-electron chi connectivity index (χ0n) is 14.3. The van der Waals surface area contributed by atoms with Crippen molar-refractivity contribution in [3.8, 4) is 0 Å². The quantitative estimate of drug-likeness (QED) is 0.737. The smallest absolute Gasteiger partial charge is 0.293 e. The van der Waals surface area contributed by atoms with Gasteiger partial charge in [0, 0.05) is 17.5 Å². The molecule has 26 heavy (non-hydrogen) atoms. The number of nitrogens with one attached hydrogen (secondary N) is 1. The van der Waals surface area contributed by atoms with Crippen molar-refractivity contribution < 1.29 is 8.91 Å². The highest BCUT2D eigenvalue weighted by Crippen LogP contribution is 2.41. The molecule has 0 bridgehead atoms. The monoisotopic (exact) mass is 357 g/mol. The number of benzene rings is 1. The van der Waals surface area contributed by atoms with Crippen molar-refractivity contribution in [3.05, 3.63) is 44.1 Å². The maximum Gasteiger partial charge on any atom is 0.293 e. The van der Waals surface area contributed by atoms with Gasteiger partial charge in [-0.15, -0.1) is 0 Å². The fraction of sp³-hybridized carbons (Fsp3) is 0.474. The molecule has 0 amide bonds. The molecule has 2 heterocycles.